The minimum absolute atomic E-state index is 0.0578. The van der Waals surface area contributed by atoms with Crippen LogP contribution >= 0.6 is 0 Å². The van der Waals surface area contributed by atoms with Crippen LogP contribution in [0.5, 0.6) is 11.5 Å². The minimum Gasteiger partial charge on any atom is -0.454 e. The highest BCUT2D eigenvalue weighted by atomic mass is 16.7. The van der Waals surface area contributed by atoms with Gasteiger partial charge < -0.3 is 14.4 Å². The molecule has 1 spiro atoms. The van der Waals surface area contributed by atoms with Gasteiger partial charge in [-0.25, -0.2) is 0 Å². The molecule has 0 radical (unpaired) electrons. The molecular weight excluding hydrogens is 316 g/mol. The Morgan fingerprint density at radius 1 is 1.16 bits per heavy atom. The molecule has 0 aromatic heterocycles. The van der Waals surface area contributed by atoms with Gasteiger partial charge in [-0.05, 0) is 37.4 Å². The molecule has 2 bridgehead atoms. The standard InChI is InChI=1S/C20H20N2O3/c23-17-10-19-3-1-6-21-7-2-13-12-8-15-16(25-11-24-15)9-14(12)22(17)20(13,5-4-19)18(19)21/h1,3,8-9,13,18H,2,4-7,10-11H2/t13?,18?,19-,20+/m1/s1. The van der Waals surface area contributed by atoms with Crippen LogP contribution in [0.3, 0.4) is 0 Å². The maximum Gasteiger partial charge on any atom is 0.231 e. The number of anilines is 1. The van der Waals surface area contributed by atoms with Gasteiger partial charge in [0.15, 0.2) is 11.5 Å². The number of ether oxygens (including phenoxy) is 2. The van der Waals surface area contributed by atoms with Crippen molar-refractivity contribution in [3.63, 3.8) is 0 Å². The van der Waals surface area contributed by atoms with Crippen LogP contribution in [-0.2, 0) is 4.79 Å². The van der Waals surface area contributed by atoms with Crippen molar-refractivity contribution in [3.8, 4) is 11.5 Å². The van der Waals surface area contributed by atoms with Gasteiger partial charge in [0.25, 0.3) is 0 Å². The van der Waals surface area contributed by atoms with Crippen LogP contribution in [-0.4, -0.2) is 42.3 Å². The molecule has 5 aliphatic heterocycles. The third-order valence-electron chi connectivity index (χ3n) is 7.76. The Labute approximate surface area is 146 Å². The molecule has 3 fully saturated rings. The van der Waals surface area contributed by atoms with Crippen LogP contribution in [0.1, 0.15) is 37.2 Å². The van der Waals surface area contributed by atoms with Gasteiger partial charge in [0.2, 0.25) is 12.7 Å². The number of piperidine rings is 2. The zero-order valence-corrected chi connectivity index (χ0v) is 14.0. The Bertz CT molecular complexity index is 880. The number of fused-ring (bicyclic) bond motifs is 4. The Hall–Kier alpha value is -2.01. The zero-order chi connectivity index (χ0) is 16.4. The molecule has 128 valence electrons. The van der Waals surface area contributed by atoms with E-state index in [0.29, 0.717) is 24.3 Å². The van der Waals surface area contributed by atoms with Crippen molar-refractivity contribution in [1.29, 1.82) is 0 Å². The summed E-state index contributed by atoms with van der Waals surface area (Å²) in [5, 5.41) is 0. The van der Waals surface area contributed by atoms with Crippen LogP contribution < -0.4 is 14.4 Å². The molecule has 25 heavy (non-hydrogen) atoms. The van der Waals surface area contributed by atoms with Gasteiger partial charge in [-0.3, -0.25) is 9.69 Å². The first-order valence-corrected chi connectivity index (χ1v) is 9.41. The van der Waals surface area contributed by atoms with E-state index in [1.165, 1.54) is 5.56 Å². The van der Waals surface area contributed by atoms with Crippen LogP contribution in [0.25, 0.3) is 0 Å². The Kier molecular flexibility index (Phi) is 2.05. The second-order valence-corrected chi connectivity index (χ2v) is 8.54. The van der Waals surface area contributed by atoms with Crippen molar-refractivity contribution in [2.75, 3.05) is 24.8 Å². The van der Waals surface area contributed by atoms with E-state index >= 15 is 0 Å². The fraction of sp³-hybridized carbons (Fsp3) is 0.550. The van der Waals surface area contributed by atoms with E-state index in [9.17, 15) is 4.79 Å². The van der Waals surface area contributed by atoms with Gasteiger partial charge in [-0.1, -0.05) is 12.2 Å². The van der Waals surface area contributed by atoms with Gasteiger partial charge in [0.05, 0.1) is 11.2 Å². The second-order valence-electron chi connectivity index (χ2n) is 8.54. The maximum atomic E-state index is 13.3. The van der Waals surface area contributed by atoms with Gasteiger partial charge in [-0.15, -0.1) is 0 Å². The highest BCUT2D eigenvalue weighted by Crippen LogP contribution is 2.69. The molecule has 1 saturated carbocycles. The van der Waals surface area contributed by atoms with Crippen molar-refractivity contribution >= 4 is 11.6 Å². The summed E-state index contributed by atoms with van der Waals surface area (Å²) >= 11 is 0. The molecule has 5 nitrogen and oxygen atoms in total. The summed E-state index contributed by atoms with van der Waals surface area (Å²) in [5.74, 6) is 2.36. The first-order valence-electron chi connectivity index (χ1n) is 9.41. The molecule has 1 amide bonds. The van der Waals surface area contributed by atoms with E-state index in [-0.39, 0.29) is 17.7 Å². The molecular formula is C20H20N2O3. The number of nitrogens with zero attached hydrogens (tertiary/aromatic N) is 2. The van der Waals surface area contributed by atoms with Crippen molar-refractivity contribution in [3.05, 3.63) is 29.8 Å². The first kappa shape index (κ1) is 13.2. The number of rotatable bonds is 0. The highest BCUT2D eigenvalue weighted by Gasteiger charge is 2.73. The third-order valence-corrected chi connectivity index (χ3v) is 7.76. The lowest BCUT2D eigenvalue weighted by molar-refractivity contribution is -0.127. The average molecular weight is 336 g/mol. The fourth-order valence-electron chi connectivity index (χ4n) is 7.15. The molecule has 5 heteroatoms. The number of benzene rings is 1. The molecule has 4 atom stereocenters. The van der Waals surface area contributed by atoms with Gasteiger partial charge >= 0.3 is 0 Å². The van der Waals surface area contributed by atoms with Crippen LogP contribution in [0.2, 0.25) is 0 Å². The first-order chi connectivity index (χ1) is 12.2. The lowest BCUT2D eigenvalue weighted by Gasteiger charge is -2.59. The monoisotopic (exact) mass is 336 g/mol. The summed E-state index contributed by atoms with van der Waals surface area (Å²) in [6.45, 7) is 2.44. The molecule has 1 aromatic carbocycles. The molecule has 5 heterocycles. The van der Waals surface area contributed by atoms with Crippen molar-refractivity contribution < 1.29 is 14.3 Å². The van der Waals surface area contributed by atoms with Crippen molar-refractivity contribution in [2.24, 2.45) is 5.41 Å². The molecule has 6 aliphatic rings. The third kappa shape index (κ3) is 1.25. The maximum absolute atomic E-state index is 13.3. The Morgan fingerprint density at radius 2 is 2.04 bits per heavy atom. The van der Waals surface area contributed by atoms with Crippen LogP contribution in [0.15, 0.2) is 24.3 Å². The molecule has 1 aliphatic carbocycles. The van der Waals surface area contributed by atoms with E-state index in [4.69, 9.17) is 9.47 Å². The topological polar surface area (TPSA) is 42.0 Å². The largest absolute Gasteiger partial charge is 0.454 e. The molecule has 1 aromatic rings. The fourth-order valence-corrected chi connectivity index (χ4v) is 7.15. The average Bonchev–Trinajstić information content (AvgIpc) is 3.25. The van der Waals surface area contributed by atoms with E-state index in [1.54, 1.807) is 0 Å². The quantitative estimate of drug-likeness (QED) is 0.683. The van der Waals surface area contributed by atoms with E-state index in [2.05, 4.69) is 34.1 Å². The number of amides is 1. The summed E-state index contributed by atoms with van der Waals surface area (Å²) in [7, 11) is 0. The van der Waals surface area contributed by atoms with Crippen molar-refractivity contribution in [1.82, 2.24) is 4.90 Å². The van der Waals surface area contributed by atoms with Gasteiger partial charge in [-0.2, -0.15) is 0 Å². The Morgan fingerprint density at radius 3 is 2.96 bits per heavy atom. The lowest BCUT2D eigenvalue weighted by Crippen LogP contribution is -2.72. The van der Waals surface area contributed by atoms with Crippen molar-refractivity contribution in [2.45, 2.75) is 43.2 Å². The summed E-state index contributed by atoms with van der Waals surface area (Å²) in [6, 6.07) is 4.69. The molecule has 2 unspecified atom stereocenters. The lowest BCUT2D eigenvalue weighted by atomic mass is 9.63. The molecule has 7 rings (SSSR count). The number of hydrogen-bond donors (Lipinski definition) is 0. The summed E-state index contributed by atoms with van der Waals surface area (Å²) in [4.78, 5) is 18.2. The molecule has 0 N–H and O–H groups in total. The van der Waals surface area contributed by atoms with Crippen LogP contribution in [0, 0.1) is 5.41 Å². The Balaban J connectivity index is 1.52. The predicted molar refractivity (Wildman–Crippen MR) is 90.9 cm³/mol. The van der Waals surface area contributed by atoms with E-state index < -0.39 is 0 Å². The summed E-state index contributed by atoms with van der Waals surface area (Å²) < 4.78 is 11.3. The van der Waals surface area contributed by atoms with Gasteiger partial charge in [0, 0.05) is 36.4 Å². The minimum atomic E-state index is -0.0598. The number of hydrogen-bond acceptors (Lipinski definition) is 4. The number of carbonyl (C=O) groups excluding carboxylic acids is 1. The second kappa shape index (κ2) is 3.88. The van der Waals surface area contributed by atoms with Gasteiger partial charge in [0.1, 0.15) is 0 Å². The summed E-state index contributed by atoms with van der Waals surface area (Å²) in [6.07, 6.45) is 8.69. The van der Waals surface area contributed by atoms with E-state index in [1.807, 2.05) is 0 Å². The smallest absolute Gasteiger partial charge is 0.231 e. The molecule has 2 saturated heterocycles. The van der Waals surface area contributed by atoms with Crippen LogP contribution in [0.4, 0.5) is 5.69 Å². The summed E-state index contributed by atoms with van der Waals surface area (Å²) in [5.41, 5.74) is 2.40. The highest BCUT2D eigenvalue weighted by molar-refractivity contribution is 6.01. The van der Waals surface area contributed by atoms with E-state index in [0.717, 1.165) is 49.5 Å². The zero-order valence-electron chi connectivity index (χ0n) is 14.0. The number of carbonyl (C=O) groups is 1. The SMILES string of the molecule is O=C1C[C@@]23C=CCN4CCC5c6cc7c(cc6N1[C@]5(CC2)C43)OCO7. The predicted octanol–water partition coefficient (Wildman–Crippen LogP) is 2.41. The normalized spacial score (nSPS) is 41.9.